The molecule has 0 unspecified atom stereocenters. The van der Waals surface area contributed by atoms with Crippen LogP contribution in [0.15, 0.2) is 53.4 Å². The minimum absolute atomic E-state index is 0.360. The zero-order valence-electron chi connectivity index (χ0n) is 12.9. The minimum atomic E-state index is -0.534. The first kappa shape index (κ1) is 16.9. The molecule has 0 aliphatic heterocycles. The molecule has 1 N–H and O–H groups in total. The van der Waals surface area contributed by atoms with Crippen LogP contribution in [0.4, 0.5) is 5.69 Å². The second-order valence-corrected chi connectivity index (χ2v) is 5.43. The Hall–Kier alpha value is -2.47. The molecule has 0 radical (unpaired) electrons. The summed E-state index contributed by atoms with van der Waals surface area (Å²) in [6.07, 6.45) is 1.95. The van der Waals surface area contributed by atoms with Gasteiger partial charge in [-0.1, -0.05) is 12.1 Å². The molecule has 0 aliphatic rings. The van der Waals surface area contributed by atoms with Gasteiger partial charge in [-0.3, -0.25) is 4.79 Å². The number of benzene rings is 2. The standard InChI is InChI=1S/C17H17NO4S/c1-21-15-6-4-3-5-14(15)18-16(19)11-22-17(20)12-7-9-13(23-2)10-8-12/h3-10H,11H2,1-2H3,(H,18,19). The van der Waals surface area contributed by atoms with E-state index in [0.717, 1.165) is 4.90 Å². The third-order valence-electron chi connectivity index (χ3n) is 3.04. The predicted molar refractivity (Wildman–Crippen MR) is 90.1 cm³/mol. The number of rotatable bonds is 6. The SMILES string of the molecule is COc1ccccc1NC(=O)COC(=O)c1ccc(SC)cc1. The molecule has 2 rings (SSSR count). The van der Waals surface area contributed by atoms with Crippen LogP contribution in [0.2, 0.25) is 0 Å². The monoisotopic (exact) mass is 331 g/mol. The molecule has 0 saturated carbocycles. The zero-order valence-corrected chi connectivity index (χ0v) is 13.7. The van der Waals surface area contributed by atoms with Crippen molar-refractivity contribution in [2.45, 2.75) is 4.90 Å². The number of nitrogens with one attached hydrogen (secondary N) is 1. The topological polar surface area (TPSA) is 64.6 Å². The number of methoxy groups -OCH3 is 1. The Morgan fingerprint density at radius 2 is 1.78 bits per heavy atom. The van der Waals surface area contributed by atoms with Crippen molar-refractivity contribution in [3.63, 3.8) is 0 Å². The first-order valence-electron chi connectivity index (χ1n) is 6.88. The Kier molecular flexibility index (Phi) is 6.05. The highest BCUT2D eigenvalue weighted by Crippen LogP contribution is 2.22. The van der Waals surface area contributed by atoms with Crippen molar-refractivity contribution in [2.75, 3.05) is 25.3 Å². The van der Waals surface area contributed by atoms with E-state index in [0.29, 0.717) is 17.0 Å². The molecule has 5 nitrogen and oxygen atoms in total. The second kappa shape index (κ2) is 8.24. The Morgan fingerprint density at radius 1 is 1.09 bits per heavy atom. The molecular weight excluding hydrogens is 314 g/mol. The number of esters is 1. The highest BCUT2D eigenvalue weighted by Gasteiger charge is 2.11. The molecule has 0 saturated heterocycles. The number of anilines is 1. The van der Waals surface area contributed by atoms with E-state index < -0.39 is 11.9 Å². The normalized spacial score (nSPS) is 10.0. The van der Waals surface area contributed by atoms with Crippen LogP contribution in [0.3, 0.4) is 0 Å². The van der Waals surface area contributed by atoms with Crippen molar-refractivity contribution >= 4 is 29.3 Å². The van der Waals surface area contributed by atoms with Gasteiger partial charge in [0.05, 0.1) is 18.4 Å². The summed E-state index contributed by atoms with van der Waals surface area (Å²) in [6, 6.07) is 14.0. The summed E-state index contributed by atoms with van der Waals surface area (Å²) in [5.41, 5.74) is 0.938. The van der Waals surface area contributed by atoms with E-state index in [1.165, 1.54) is 7.11 Å². The molecule has 6 heteroatoms. The van der Waals surface area contributed by atoms with Crippen molar-refractivity contribution in [3.8, 4) is 5.75 Å². The van der Waals surface area contributed by atoms with Crippen LogP contribution in [-0.2, 0) is 9.53 Å². The lowest BCUT2D eigenvalue weighted by molar-refractivity contribution is -0.119. The highest BCUT2D eigenvalue weighted by atomic mass is 32.2. The van der Waals surface area contributed by atoms with Gasteiger partial charge in [0.1, 0.15) is 5.75 Å². The summed E-state index contributed by atoms with van der Waals surface area (Å²) in [4.78, 5) is 24.8. The number of para-hydroxylation sites is 2. The van der Waals surface area contributed by atoms with Gasteiger partial charge < -0.3 is 14.8 Å². The summed E-state index contributed by atoms with van der Waals surface area (Å²) in [5.74, 6) is -0.420. The Bertz CT molecular complexity index is 685. The zero-order chi connectivity index (χ0) is 16.7. The lowest BCUT2D eigenvalue weighted by Crippen LogP contribution is -2.21. The van der Waals surface area contributed by atoms with E-state index in [-0.39, 0.29) is 6.61 Å². The molecule has 0 spiro atoms. The fourth-order valence-electron chi connectivity index (χ4n) is 1.88. The van der Waals surface area contributed by atoms with Crippen molar-refractivity contribution in [1.29, 1.82) is 0 Å². The number of thioether (sulfide) groups is 1. The van der Waals surface area contributed by atoms with Gasteiger partial charge in [-0.15, -0.1) is 11.8 Å². The van der Waals surface area contributed by atoms with Crippen molar-refractivity contribution < 1.29 is 19.1 Å². The molecular formula is C17H17NO4S. The number of carbonyl (C=O) groups is 2. The third-order valence-corrected chi connectivity index (χ3v) is 3.78. The van der Waals surface area contributed by atoms with E-state index in [1.54, 1.807) is 48.2 Å². The van der Waals surface area contributed by atoms with E-state index >= 15 is 0 Å². The van der Waals surface area contributed by atoms with Crippen LogP contribution in [0.5, 0.6) is 5.75 Å². The van der Waals surface area contributed by atoms with Gasteiger partial charge in [0.15, 0.2) is 6.61 Å². The number of carbonyl (C=O) groups excluding carboxylic acids is 2. The molecule has 2 aromatic carbocycles. The predicted octanol–water partition coefficient (Wildman–Crippen LogP) is 3.21. The second-order valence-electron chi connectivity index (χ2n) is 4.55. The number of ether oxygens (including phenoxy) is 2. The van der Waals surface area contributed by atoms with Crippen LogP contribution in [-0.4, -0.2) is 31.8 Å². The van der Waals surface area contributed by atoms with Crippen LogP contribution < -0.4 is 10.1 Å². The summed E-state index contributed by atoms with van der Waals surface area (Å²) >= 11 is 1.58. The molecule has 0 heterocycles. The molecule has 0 aromatic heterocycles. The first-order valence-corrected chi connectivity index (χ1v) is 8.10. The van der Waals surface area contributed by atoms with Crippen LogP contribution >= 0.6 is 11.8 Å². The largest absolute Gasteiger partial charge is 0.495 e. The molecule has 0 aliphatic carbocycles. The molecule has 0 fully saturated rings. The van der Waals surface area contributed by atoms with Gasteiger partial charge in [0.25, 0.3) is 5.91 Å². The maximum Gasteiger partial charge on any atom is 0.338 e. The van der Waals surface area contributed by atoms with E-state index in [1.807, 2.05) is 18.4 Å². The van der Waals surface area contributed by atoms with Gasteiger partial charge in [-0.25, -0.2) is 4.79 Å². The highest BCUT2D eigenvalue weighted by molar-refractivity contribution is 7.98. The van der Waals surface area contributed by atoms with E-state index in [4.69, 9.17) is 9.47 Å². The molecule has 0 atom stereocenters. The number of hydrogen-bond acceptors (Lipinski definition) is 5. The molecule has 2 aromatic rings. The fourth-order valence-corrected chi connectivity index (χ4v) is 2.28. The van der Waals surface area contributed by atoms with Gasteiger partial charge in [0.2, 0.25) is 0 Å². The lowest BCUT2D eigenvalue weighted by Gasteiger charge is -2.10. The maximum atomic E-state index is 11.9. The molecule has 1 amide bonds. The number of amides is 1. The molecule has 120 valence electrons. The maximum absolute atomic E-state index is 11.9. The first-order chi connectivity index (χ1) is 11.1. The van der Waals surface area contributed by atoms with E-state index in [2.05, 4.69) is 5.32 Å². The smallest absolute Gasteiger partial charge is 0.338 e. The van der Waals surface area contributed by atoms with Crippen molar-refractivity contribution in [3.05, 3.63) is 54.1 Å². The van der Waals surface area contributed by atoms with Crippen molar-refractivity contribution in [2.24, 2.45) is 0 Å². The van der Waals surface area contributed by atoms with Gasteiger partial charge in [-0.2, -0.15) is 0 Å². The average molecular weight is 331 g/mol. The number of hydrogen-bond donors (Lipinski definition) is 1. The third kappa shape index (κ3) is 4.75. The summed E-state index contributed by atoms with van der Waals surface area (Å²) < 4.78 is 10.1. The Balaban J connectivity index is 1.89. The minimum Gasteiger partial charge on any atom is -0.495 e. The van der Waals surface area contributed by atoms with Crippen LogP contribution in [0.25, 0.3) is 0 Å². The summed E-state index contributed by atoms with van der Waals surface area (Å²) in [6.45, 7) is -0.360. The van der Waals surface area contributed by atoms with Crippen LogP contribution in [0, 0.1) is 0 Å². The van der Waals surface area contributed by atoms with Gasteiger partial charge in [0, 0.05) is 4.90 Å². The molecule has 23 heavy (non-hydrogen) atoms. The van der Waals surface area contributed by atoms with Crippen molar-refractivity contribution in [1.82, 2.24) is 0 Å². The Labute approximate surface area is 139 Å². The quantitative estimate of drug-likeness (QED) is 0.650. The lowest BCUT2D eigenvalue weighted by atomic mass is 10.2. The molecule has 0 bridgehead atoms. The van der Waals surface area contributed by atoms with Crippen LogP contribution in [0.1, 0.15) is 10.4 Å². The van der Waals surface area contributed by atoms with E-state index in [9.17, 15) is 9.59 Å². The Morgan fingerprint density at radius 3 is 2.43 bits per heavy atom. The average Bonchev–Trinajstić information content (AvgIpc) is 2.60. The fraction of sp³-hybridized carbons (Fsp3) is 0.176. The summed E-state index contributed by atoms with van der Waals surface area (Å²) in [7, 11) is 1.52. The summed E-state index contributed by atoms with van der Waals surface area (Å²) in [5, 5.41) is 2.64. The van der Waals surface area contributed by atoms with Gasteiger partial charge >= 0.3 is 5.97 Å². The van der Waals surface area contributed by atoms with Gasteiger partial charge in [-0.05, 0) is 42.7 Å².